The van der Waals surface area contributed by atoms with Crippen LogP contribution in [0.1, 0.15) is 62.2 Å². The lowest BCUT2D eigenvalue weighted by Crippen LogP contribution is -2.54. The summed E-state index contributed by atoms with van der Waals surface area (Å²) in [5.74, 6) is 1.52. The molecule has 4 fully saturated rings. The van der Waals surface area contributed by atoms with E-state index in [4.69, 9.17) is 4.74 Å². The standard InChI is InChI=1S/C23H30N2O4/c1-2-7-29-21(27)18-3-5-19(6-4-18)25-20(26)14-24-22(28)23-11-15-8-16(12-23)10-17(9-15)13-23/h3-6,15-17H,2,7-14H2,1H3,(H,24,28)(H,25,26). The predicted octanol–water partition coefficient (Wildman–Crippen LogP) is 3.52. The minimum atomic E-state index is -0.368. The van der Waals surface area contributed by atoms with E-state index in [-0.39, 0.29) is 29.7 Å². The van der Waals surface area contributed by atoms with Crippen molar-refractivity contribution in [2.75, 3.05) is 18.5 Å². The zero-order chi connectivity index (χ0) is 20.4. The van der Waals surface area contributed by atoms with Gasteiger partial charge in [-0.15, -0.1) is 0 Å². The van der Waals surface area contributed by atoms with Crippen LogP contribution in [0.3, 0.4) is 0 Å². The summed E-state index contributed by atoms with van der Waals surface area (Å²) in [7, 11) is 0. The average molecular weight is 399 g/mol. The number of hydrogen-bond donors (Lipinski definition) is 2. The van der Waals surface area contributed by atoms with Crippen LogP contribution in [-0.4, -0.2) is 30.9 Å². The molecule has 5 rings (SSSR count). The number of carbonyl (C=O) groups excluding carboxylic acids is 3. The van der Waals surface area contributed by atoms with Crippen molar-refractivity contribution in [2.24, 2.45) is 23.2 Å². The first-order chi connectivity index (χ1) is 14.0. The number of nitrogens with one attached hydrogen (secondary N) is 2. The fourth-order valence-electron chi connectivity index (χ4n) is 5.91. The molecule has 4 saturated carbocycles. The Bertz CT molecular complexity index is 751. The predicted molar refractivity (Wildman–Crippen MR) is 109 cm³/mol. The highest BCUT2D eigenvalue weighted by molar-refractivity contribution is 5.96. The van der Waals surface area contributed by atoms with Crippen molar-refractivity contribution >= 4 is 23.5 Å². The lowest BCUT2D eigenvalue weighted by atomic mass is 9.49. The van der Waals surface area contributed by atoms with E-state index in [1.54, 1.807) is 24.3 Å². The van der Waals surface area contributed by atoms with Crippen LogP contribution in [0.5, 0.6) is 0 Å². The second-order valence-corrected chi connectivity index (χ2v) is 9.14. The Morgan fingerprint density at radius 1 is 1.00 bits per heavy atom. The Kier molecular flexibility index (Phi) is 5.61. The number of anilines is 1. The second-order valence-electron chi connectivity index (χ2n) is 9.14. The number of esters is 1. The SMILES string of the molecule is CCCOC(=O)c1ccc(NC(=O)CNC(=O)C23CC4CC(CC(C4)C2)C3)cc1. The van der Waals surface area contributed by atoms with E-state index in [2.05, 4.69) is 10.6 Å². The Morgan fingerprint density at radius 3 is 2.14 bits per heavy atom. The van der Waals surface area contributed by atoms with E-state index >= 15 is 0 Å². The topological polar surface area (TPSA) is 84.5 Å². The van der Waals surface area contributed by atoms with Crippen molar-refractivity contribution in [3.63, 3.8) is 0 Å². The van der Waals surface area contributed by atoms with Crippen molar-refractivity contribution < 1.29 is 19.1 Å². The smallest absolute Gasteiger partial charge is 0.338 e. The summed E-state index contributed by atoms with van der Waals surface area (Å²) in [6.45, 7) is 2.30. The van der Waals surface area contributed by atoms with Crippen molar-refractivity contribution in [1.82, 2.24) is 5.32 Å². The Hall–Kier alpha value is -2.37. The first kappa shape index (κ1) is 19.9. The van der Waals surface area contributed by atoms with Gasteiger partial charge in [0.15, 0.2) is 0 Å². The summed E-state index contributed by atoms with van der Waals surface area (Å²) >= 11 is 0. The molecule has 156 valence electrons. The number of hydrogen-bond acceptors (Lipinski definition) is 4. The van der Waals surface area contributed by atoms with Gasteiger partial charge in [-0.2, -0.15) is 0 Å². The average Bonchev–Trinajstić information content (AvgIpc) is 2.69. The molecule has 0 unspecified atom stereocenters. The molecule has 2 amide bonds. The zero-order valence-corrected chi connectivity index (χ0v) is 17.0. The van der Waals surface area contributed by atoms with Crippen LogP contribution in [0.2, 0.25) is 0 Å². The monoisotopic (exact) mass is 398 g/mol. The molecule has 0 spiro atoms. The maximum Gasteiger partial charge on any atom is 0.338 e. The Balaban J connectivity index is 1.27. The third-order valence-corrected chi connectivity index (χ3v) is 6.77. The van der Waals surface area contributed by atoms with Gasteiger partial charge in [0.2, 0.25) is 11.8 Å². The van der Waals surface area contributed by atoms with E-state index in [9.17, 15) is 14.4 Å². The van der Waals surface area contributed by atoms with Crippen LogP contribution < -0.4 is 10.6 Å². The summed E-state index contributed by atoms with van der Waals surface area (Å²) in [6.07, 6.45) is 7.60. The first-order valence-electron chi connectivity index (χ1n) is 10.8. The third kappa shape index (κ3) is 4.31. The van der Waals surface area contributed by atoms with Crippen LogP contribution in [0.15, 0.2) is 24.3 Å². The molecular weight excluding hydrogens is 368 g/mol. The summed E-state index contributed by atoms with van der Waals surface area (Å²) < 4.78 is 5.09. The summed E-state index contributed by atoms with van der Waals surface area (Å²) in [6, 6.07) is 6.59. The number of carbonyl (C=O) groups is 3. The molecule has 4 bridgehead atoms. The van der Waals surface area contributed by atoms with Gasteiger partial charge in [0.1, 0.15) is 0 Å². The van der Waals surface area contributed by atoms with Gasteiger partial charge in [-0.05, 0) is 87.0 Å². The summed E-state index contributed by atoms with van der Waals surface area (Å²) in [4.78, 5) is 37.0. The van der Waals surface area contributed by atoms with Crippen LogP contribution in [0.25, 0.3) is 0 Å². The molecule has 0 saturated heterocycles. The first-order valence-corrected chi connectivity index (χ1v) is 10.8. The molecule has 0 aliphatic heterocycles. The lowest BCUT2D eigenvalue weighted by Gasteiger charge is -2.55. The number of benzene rings is 1. The van der Waals surface area contributed by atoms with Crippen molar-refractivity contribution in [2.45, 2.75) is 51.9 Å². The molecule has 0 aromatic heterocycles. The van der Waals surface area contributed by atoms with Gasteiger partial charge < -0.3 is 15.4 Å². The van der Waals surface area contributed by atoms with E-state index in [1.165, 1.54) is 19.3 Å². The number of amides is 2. The molecule has 1 aromatic carbocycles. The highest BCUT2D eigenvalue weighted by Gasteiger charge is 2.54. The van der Waals surface area contributed by atoms with Crippen molar-refractivity contribution in [3.8, 4) is 0 Å². The maximum absolute atomic E-state index is 12.9. The van der Waals surface area contributed by atoms with E-state index in [0.29, 0.717) is 35.6 Å². The number of ether oxygens (including phenoxy) is 1. The molecule has 0 radical (unpaired) electrons. The normalized spacial score (nSPS) is 29.3. The Morgan fingerprint density at radius 2 is 1.59 bits per heavy atom. The van der Waals surface area contributed by atoms with Gasteiger partial charge in [0.05, 0.1) is 18.7 Å². The van der Waals surface area contributed by atoms with Gasteiger partial charge in [0.25, 0.3) is 0 Å². The van der Waals surface area contributed by atoms with Crippen molar-refractivity contribution in [3.05, 3.63) is 29.8 Å². The molecule has 0 heterocycles. The lowest BCUT2D eigenvalue weighted by molar-refractivity contribution is -0.146. The van der Waals surface area contributed by atoms with Gasteiger partial charge >= 0.3 is 5.97 Å². The summed E-state index contributed by atoms with van der Waals surface area (Å²) in [5.41, 5.74) is 0.799. The molecule has 4 aliphatic carbocycles. The Labute approximate surface area is 171 Å². The van der Waals surface area contributed by atoms with Gasteiger partial charge in [0, 0.05) is 11.1 Å². The molecule has 4 aliphatic rings. The van der Waals surface area contributed by atoms with Gasteiger partial charge in [-0.1, -0.05) is 6.92 Å². The van der Waals surface area contributed by atoms with Crippen LogP contribution in [0.4, 0.5) is 5.69 Å². The molecule has 0 atom stereocenters. The molecule has 29 heavy (non-hydrogen) atoms. The second kappa shape index (κ2) is 8.17. The third-order valence-electron chi connectivity index (χ3n) is 6.77. The van der Waals surface area contributed by atoms with Gasteiger partial charge in [-0.25, -0.2) is 4.79 Å². The van der Waals surface area contributed by atoms with E-state index in [0.717, 1.165) is 25.7 Å². The highest BCUT2D eigenvalue weighted by Crippen LogP contribution is 2.60. The zero-order valence-electron chi connectivity index (χ0n) is 17.0. The summed E-state index contributed by atoms with van der Waals surface area (Å²) in [5, 5.41) is 5.66. The quantitative estimate of drug-likeness (QED) is 0.688. The fourth-order valence-corrected chi connectivity index (χ4v) is 5.91. The minimum absolute atomic E-state index is 0.0269. The van der Waals surface area contributed by atoms with Crippen molar-refractivity contribution in [1.29, 1.82) is 0 Å². The fraction of sp³-hybridized carbons (Fsp3) is 0.609. The molecule has 2 N–H and O–H groups in total. The van der Waals surface area contributed by atoms with E-state index in [1.807, 2.05) is 6.92 Å². The van der Waals surface area contributed by atoms with Gasteiger partial charge in [-0.3, -0.25) is 9.59 Å². The molecule has 6 nitrogen and oxygen atoms in total. The van der Waals surface area contributed by atoms with E-state index < -0.39 is 0 Å². The minimum Gasteiger partial charge on any atom is -0.462 e. The number of rotatable bonds is 7. The van der Waals surface area contributed by atoms with Crippen LogP contribution in [-0.2, 0) is 14.3 Å². The van der Waals surface area contributed by atoms with Crippen LogP contribution in [0, 0.1) is 23.2 Å². The maximum atomic E-state index is 12.9. The molecule has 6 heteroatoms. The largest absolute Gasteiger partial charge is 0.462 e. The molecule has 1 aromatic rings. The van der Waals surface area contributed by atoms with Crippen LogP contribution >= 0.6 is 0 Å². The molecular formula is C23H30N2O4. The highest BCUT2D eigenvalue weighted by atomic mass is 16.5.